The molecule has 0 bridgehead atoms. The minimum Gasteiger partial charge on any atom is -0.361 e. The quantitative estimate of drug-likeness (QED) is 0.906. The third kappa shape index (κ3) is 2.90. The predicted molar refractivity (Wildman–Crippen MR) is 92.5 cm³/mol. The first-order valence-corrected chi connectivity index (χ1v) is 8.84. The molecule has 1 saturated carbocycles. The van der Waals surface area contributed by atoms with Crippen molar-refractivity contribution < 1.29 is 9.59 Å². The van der Waals surface area contributed by atoms with E-state index in [0.717, 1.165) is 29.3 Å². The Balaban J connectivity index is 1.37. The molecular weight excluding hydrogens is 302 g/mol. The maximum Gasteiger partial charge on any atom is 0.225 e. The fraction of sp³-hybridized carbons (Fsp3) is 0.474. The topological polar surface area (TPSA) is 65.2 Å². The van der Waals surface area contributed by atoms with Gasteiger partial charge in [-0.15, -0.1) is 0 Å². The Kier molecular flexibility index (Phi) is 4.00. The number of H-pyrrole nitrogens is 1. The number of amides is 2. The van der Waals surface area contributed by atoms with Crippen LogP contribution in [0.25, 0.3) is 10.9 Å². The van der Waals surface area contributed by atoms with Crippen molar-refractivity contribution in [2.24, 2.45) is 0 Å². The zero-order valence-electron chi connectivity index (χ0n) is 13.8. The third-order valence-electron chi connectivity index (χ3n) is 5.31. The van der Waals surface area contributed by atoms with Gasteiger partial charge in [-0.1, -0.05) is 31.0 Å². The number of hydrogen-bond acceptors (Lipinski definition) is 2. The summed E-state index contributed by atoms with van der Waals surface area (Å²) in [6.45, 7) is 0.670. The van der Waals surface area contributed by atoms with Crippen LogP contribution in [0, 0.1) is 0 Å². The van der Waals surface area contributed by atoms with Crippen molar-refractivity contribution >= 4 is 22.7 Å². The van der Waals surface area contributed by atoms with Crippen LogP contribution in [0.2, 0.25) is 0 Å². The number of aromatic nitrogens is 1. The highest BCUT2D eigenvalue weighted by Crippen LogP contribution is 2.27. The molecule has 0 radical (unpaired) electrons. The summed E-state index contributed by atoms with van der Waals surface area (Å²) in [5.74, 6) is 0.185. The monoisotopic (exact) mass is 325 g/mol. The highest BCUT2D eigenvalue weighted by atomic mass is 16.2. The summed E-state index contributed by atoms with van der Waals surface area (Å²) in [6, 6.07) is 8.34. The lowest BCUT2D eigenvalue weighted by Gasteiger charge is -2.24. The van der Waals surface area contributed by atoms with Gasteiger partial charge in [0.25, 0.3) is 0 Å². The van der Waals surface area contributed by atoms with Crippen LogP contribution in [0.5, 0.6) is 0 Å². The molecule has 1 atom stereocenters. The lowest BCUT2D eigenvalue weighted by molar-refractivity contribution is -0.129. The molecule has 1 unspecified atom stereocenters. The van der Waals surface area contributed by atoms with Crippen LogP contribution < -0.4 is 5.32 Å². The van der Waals surface area contributed by atoms with Crippen LogP contribution in [0.15, 0.2) is 30.5 Å². The zero-order chi connectivity index (χ0) is 16.5. The molecule has 126 valence electrons. The second kappa shape index (κ2) is 6.30. The Bertz CT molecular complexity index is 761. The lowest BCUT2D eigenvalue weighted by Crippen LogP contribution is -2.40. The van der Waals surface area contributed by atoms with Gasteiger partial charge in [-0.2, -0.15) is 0 Å². The zero-order valence-corrected chi connectivity index (χ0v) is 13.8. The van der Waals surface area contributed by atoms with Gasteiger partial charge in [-0.3, -0.25) is 9.59 Å². The van der Waals surface area contributed by atoms with E-state index in [1.165, 1.54) is 12.8 Å². The number of carbonyl (C=O) groups is 2. The average molecular weight is 325 g/mol. The van der Waals surface area contributed by atoms with Crippen LogP contribution in [0.4, 0.5) is 0 Å². The molecule has 2 N–H and O–H groups in total. The molecule has 4 rings (SSSR count). The van der Waals surface area contributed by atoms with E-state index >= 15 is 0 Å². The minimum atomic E-state index is -0.0455. The molecule has 2 aromatic rings. The molecule has 1 aromatic carbocycles. The van der Waals surface area contributed by atoms with Gasteiger partial charge in [0.05, 0.1) is 12.5 Å². The first kappa shape index (κ1) is 15.2. The molecule has 2 aliphatic rings. The first-order valence-electron chi connectivity index (χ1n) is 8.84. The van der Waals surface area contributed by atoms with Gasteiger partial charge in [-0.25, -0.2) is 0 Å². The van der Waals surface area contributed by atoms with E-state index in [-0.39, 0.29) is 17.9 Å². The van der Waals surface area contributed by atoms with Gasteiger partial charge < -0.3 is 15.2 Å². The molecular formula is C19H23N3O2. The number of nitrogens with zero attached hydrogens (tertiary/aromatic N) is 1. The van der Waals surface area contributed by atoms with Crippen molar-refractivity contribution in [3.05, 3.63) is 36.0 Å². The Hall–Kier alpha value is -2.30. The standard InChI is InChI=1S/C19H23N3O2/c23-18(9-13-11-20-17-8-4-3-7-16(13)17)21-14-10-19(24)22(12-14)15-5-1-2-6-15/h3-4,7-8,11,14-15,20H,1-2,5-6,9-10,12H2,(H,21,23). The number of likely N-dealkylation sites (tertiary alicyclic amines) is 1. The molecule has 5 heteroatoms. The normalized spacial score (nSPS) is 21.8. The molecule has 2 heterocycles. The second-order valence-corrected chi connectivity index (χ2v) is 6.99. The van der Waals surface area contributed by atoms with Crippen LogP contribution in [0.1, 0.15) is 37.7 Å². The highest BCUT2D eigenvalue weighted by molar-refractivity contribution is 5.89. The van der Waals surface area contributed by atoms with E-state index in [9.17, 15) is 9.59 Å². The van der Waals surface area contributed by atoms with E-state index in [1.54, 1.807) is 0 Å². The van der Waals surface area contributed by atoms with Crippen LogP contribution in [-0.2, 0) is 16.0 Å². The molecule has 1 aliphatic heterocycles. The Morgan fingerprint density at radius 3 is 2.88 bits per heavy atom. The molecule has 2 amide bonds. The molecule has 1 aromatic heterocycles. The number of nitrogens with one attached hydrogen (secondary N) is 2. The van der Waals surface area contributed by atoms with Crippen molar-refractivity contribution in [2.45, 2.75) is 50.6 Å². The van der Waals surface area contributed by atoms with E-state index in [1.807, 2.05) is 35.4 Å². The summed E-state index contributed by atoms with van der Waals surface area (Å²) >= 11 is 0. The summed E-state index contributed by atoms with van der Waals surface area (Å²) in [6.07, 6.45) is 7.34. The molecule has 2 fully saturated rings. The number of para-hydroxylation sites is 1. The number of rotatable bonds is 4. The summed E-state index contributed by atoms with van der Waals surface area (Å²) < 4.78 is 0. The SMILES string of the molecule is O=C(Cc1c[nH]c2ccccc12)NC1CC(=O)N(C2CCCC2)C1. The number of benzene rings is 1. The van der Waals surface area contributed by atoms with E-state index in [0.29, 0.717) is 25.4 Å². The minimum absolute atomic E-state index is 0.00850. The molecule has 0 spiro atoms. The summed E-state index contributed by atoms with van der Waals surface area (Å²) in [5.41, 5.74) is 2.05. The Morgan fingerprint density at radius 1 is 1.25 bits per heavy atom. The fourth-order valence-corrected chi connectivity index (χ4v) is 4.13. The van der Waals surface area contributed by atoms with Gasteiger partial charge >= 0.3 is 0 Å². The smallest absolute Gasteiger partial charge is 0.225 e. The van der Waals surface area contributed by atoms with Crippen molar-refractivity contribution in [1.82, 2.24) is 15.2 Å². The first-order chi connectivity index (χ1) is 11.7. The highest BCUT2D eigenvalue weighted by Gasteiger charge is 2.35. The van der Waals surface area contributed by atoms with Crippen LogP contribution >= 0.6 is 0 Å². The fourth-order valence-electron chi connectivity index (χ4n) is 4.13. The van der Waals surface area contributed by atoms with Gasteiger partial charge in [0.1, 0.15) is 0 Å². The molecule has 1 saturated heterocycles. The Labute approximate surface area is 141 Å². The third-order valence-corrected chi connectivity index (χ3v) is 5.31. The van der Waals surface area contributed by atoms with Crippen molar-refractivity contribution in [1.29, 1.82) is 0 Å². The lowest BCUT2D eigenvalue weighted by atomic mass is 10.1. The maximum absolute atomic E-state index is 12.4. The van der Waals surface area contributed by atoms with Crippen LogP contribution in [0.3, 0.4) is 0 Å². The van der Waals surface area contributed by atoms with Crippen molar-refractivity contribution in [2.75, 3.05) is 6.54 Å². The van der Waals surface area contributed by atoms with E-state index < -0.39 is 0 Å². The van der Waals surface area contributed by atoms with E-state index in [4.69, 9.17) is 0 Å². The van der Waals surface area contributed by atoms with Gasteiger partial charge in [0.15, 0.2) is 0 Å². The summed E-state index contributed by atoms with van der Waals surface area (Å²) in [5, 5.41) is 4.14. The molecule has 24 heavy (non-hydrogen) atoms. The number of hydrogen-bond donors (Lipinski definition) is 2. The number of carbonyl (C=O) groups excluding carboxylic acids is 2. The van der Waals surface area contributed by atoms with Gasteiger partial charge in [-0.05, 0) is 24.5 Å². The maximum atomic E-state index is 12.4. The van der Waals surface area contributed by atoms with Crippen molar-refractivity contribution in [3.8, 4) is 0 Å². The van der Waals surface area contributed by atoms with Crippen molar-refractivity contribution in [3.63, 3.8) is 0 Å². The van der Waals surface area contributed by atoms with Gasteiger partial charge in [0.2, 0.25) is 11.8 Å². The van der Waals surface area contributed by atoms with Gasteiger partial charge in [0, 0.05) is 36.1 Å². The number of fused-ring (bicyclic) bond motifs is 1. The number of aromatic amines is 1. The molecule has 5 nitrogen and oxygen atoms in total. The second-order valence-electron chi connectivity index (χ2n) is 6.99. The summed E-state index contributed by atoms with van der Waals surface area (Å²) in [7, 11) is 0. The van der Waals surface area contributed by atoms with E-state index in [2.05, 4.69) is 10.3 Å². The molecule has 1 aliphatic carbocycles. The largest absolute Gasteiger partial charge is 0.361 e. The summed E-state index contributed by atoms with van der Waals surface area (Å²) in [4.78, 5) is 29.8. The Morgan fingerprint density at radius 2 is 2.04 bits per heavy atom. The average Bonchev–Trinajstić information content (AvgIpc) is 3.28. The van der Waals surface area contributed by atoms with Crippen LogP contribution in [-0.4, -0.2) is 40.3 Å². The predicted octanol–water partition coefficient (Wildman–Crippen LogP) is 2.37.